The normalized spacial score (nSPS) is 15.0. The highest BCUT2D eigenvalue weighted by Gasteiger charge is 2.05. The van der Waals surface area contributed by atoms with E-state index in [1.165, 1.54) is 0 Å². The van der Waals surface area contributed by atoms with Crippen molar-refractivity contribution in [1.82, 2.24) is 0 Å². The van der Waals surface area contributed by atoms with Gasteiger partial charge in [-0.2, -0.15) is 0 Å². The molecule has 0 bridgehead atoms. The first-order chi connectivity index (χ1) is 7.70. The average Bonchev–Trinajstić information content (AvgIpc) is 2.28. The molecule has 0 aliphatic carbocycles. The molecule has 0 heterocycles. The van der Waals surface area contributed by atoms with E-state index in [-0.39, 0.29) is 33.0 Å². The number of aliphatic hydroxyl groups excluding tert-OH is 4. The maximum atomic E-state index is 9.31. The van der Waals surface area contributed by atoms with Crippen molar-refractivity contribution in [2.45, 2.75) is 25.0 Å². The molecule has 0 saturated heterocycles. The predicted molar refractivity (Wildman–Crippen MR) is 57.1 cm³/mol. The summed E-state index contributed by atoms with van der Waals surface area (Å²) in [6.07, 6.45) is -0.282. The molecular formula is C10H22O6. The Morgan fingerprint density at radius 3 is 2.06 bits per heavy atom. The molecule has 0 rings (SSSR count). The molecule has 0 aliphatic heterocycles. The second kappa shape index (κ2) is 11.3. The van der Waals surface area contributed by atoms with E-state index < -0.39 is 12.2 Å². The number of hydrogen-bond donors (Lipinski definition) is 4. The fourth-order valence-electron chi connectivity index (χ4n) is 1.06. The Balaban J connectivity index is 3.17. The monoisotopic (exact) mass is 238 g/mol. The molecule has 2 atom stereocenters. The molecular weight excluding hydrogens is 216 g/mol. The van der Waals surface area contributed by atoms with Gasteiger partial charge in [-0.05, 0) is 12.8 Å². The number of aliphatic hydroxyl groups is 4. The van der Waals surface area contributed by atoms with Crippen molar-refractivity contribution in [3.8, 4) is 0 Å². The van der Waals surface area contributed by atoms with E-state index in [1.54, 1.807) is 0 Å². The Kier molecular flexibility index (Phi) is 11.1. The van der Waals surface area contributed by atoms with Crippen LogP contribution in [0.3, 0.4) is 0 Å². The van der Waals surface area contributed by atoms with Crippen molar-refractivity contribution in [2.75, 3.05) is 39.6 Å². The first-order valence-electron chi connectivity index (χ1n) is 5.44. The van der Waals surface area contributed by atoms with Crippen LogP contribution in [-0.4, -0.2) is 72.3 Å². The standard InChI is InChI=1S/C10H22O6/c11-3-5-16-8-10(14)7-15-4-1-2-9(13)6-12/h9-14H,1-8H2. The van der Waals surface area contributed by atoms with Crippen LogP contribution >= 0.6 is 0 Å². The summed E-state index contributed by atoms with van der Waals surface area (Å²) in [5.74, 6) is 0. The summed E-state index contributed by atoms with van der Waals surface area (Å²) in [6.45, 7) is 0.637. The topological polar surface area (TPSA) is 99.4 Å². The molecule has 0 aromatic carbocycles. The van der Waals surface area contributed by atoms with E-state index in [1.807, 2.05) is 0 Å². The van der Waals surface area contributed by atoms with Gasteiger partial charge in [0.25, 0.3) is 0 Å². The maximum absolute atomic E-state index is 9.31. The van der Waals surface area contributed by atoms with E-state index in [4.69, 9.17) is 24.8 Å². The first kappa shape index (κ1) is 15.8. The Morgan fingerprint density at radius 1 is 0.875 bits per heavy atom. The summed E-state index contributed by atoms with van der Waals surface area (Å²) in [4.78, 5) is 0. The summed E-state index contributed by atoms with van der Waals surface area (Å²) in [6, 6.07) is 0. The van der Waals surface area contributed by atoms with Gasteiger partial charge in [-0.3, -0.25) is 0 Å². The quantitative estimate of drug-likeness (QED) is 0.327. The lowest BCUT2D eigenvalue weighted by Gasteiger charge is -2.12. The van der Waals surface area contributed by atoms with Gasteiger partial charge in [-0.1, -0.05) is 0 Å². The Hall–Kier alpha value is -0.240. The molecule has 0 amide bonds. The molecule has 0 saturated carbocycles. The Bertz CT molecular complexity index is 143. The minimum atomic E-state index is -0.700. The van der Waals surface area contributed by atoms with Crippen molar-refractivity contribution in [1.29, 1.82) is 0 Å². The second-order valence-corrected chi connectivity index (χ2v) is 3.51. The fraction of sp³-hybridized carbons (Fsp3) is 1.00. The average molecular weight is 238 g/mol. The van der Waals surface area contributed by atoms with Crippen molar-refractivity contribution < 1.29 is 29.9 Å². The molecule has 16 heavy (non-hydrogen) atoms. The lowest BCUT2D eigenvalue weighted by molar-refractivity contribution is -0.0272. The third-order valence-corrected chi connectivity index (χ3v) is 1.89. The molecule has 6 heteroatoms. The molecule has 98 valence electrons. The fourth-order valence-corrected chi connectivity index (χ4v) is 1.06. The SMILES string of the molecule is OCCOCC(O)COCCCC(O)CO. The molecule has 4 N–H and O–H groups in total. The highest BCUT2D eigenvalue weighted by molar-refractivity contribution is 4.54. The Labute approximate surface area is 95.4 Å². The molecule has 0 fully saturated rings. The lowest BCUT2D eigenvalue weighted by Crippen LogP contribution is -2.23. The minimum Gasteiger partial charge on any atom is -0.394 e. The van der Waals surface area contributed by atoms with Crippen molar-refractivity contribution >= 4 is 0 Å². The molecule has 0 aromatic heterocycles. The molecule has 0 aliphatic rings. The molecule has 0 aromatic rings. The maximum Gasteiger partial charge on any atom is 0.101 e. The third-order valence-electron chi connectivity index (χ3n) is 1.89. The van der Waals surface area contributed by atoms with Crippen LogP contribution in [0.1, 0.15) is 12.8 Å². The zero-order chi connectivity index (χ0) is 12.2. The van der Waals surface area contributed by atoms with Gasteiger partial charge in [0.15, 0.2) is 0 Å². The van der Waals surface area contributed by atoms with Crippen molar-refractivity contribution in [3.05, 3.63) is 0 Å². The first-order valence-corrected chi connectivity index (χ1v) is 5.44. The van der Waals surface area contributed by atoms with Gasteiger partial charge in [-0.25, -0.2) is 0 Å². The van der Waals surface area contributed by atoms with Crippen molar-refractivity contribution in [2.24, 2.45) is 0 Å². The minimum absolute atomic E-state index is 0.0629. The summed E-state index contributed by atoms with van der Waals surface area (Å²) in [7, 11) is 0. The van der Waals surface area contributed by atoms with Gasteiger partial charge in [0.2, 0.25) is 0 Å². The van der Waals surface area contributed by atoms with Gasteiger partial charge < -0.3 is 29.9 Å². The third kappa shape index (κ3) is 10.3. The number of rotatable bonds is 11. The zero-order valence-corrected chi connectivity index (χ0v) is 9.42. The largest absolute Gasteiger partial charge is 0.394 e. The highest BCUT2D eigenvalue weighted by Crippen LogP contribution is 1.97. The van der Waals surface area contributed by atoms with Crippen LogP contribution in [0.2, 0.25) is 0 Å². The summed E-state index contributed by atoms with van der Waals surface area (Å²) >= 11 is 0. The van der Waals surface area contributed by atoms with E-state index >= 15 is 0 Å². The van der Waals surface area contributed by atoms with Crippen LogP contribution in [0, 0.1) is 0 Å². The van der Waals surface area contributed by atoms with Gasteiger partial charge >= 0.3 is 0 Å². The second-order valence-electron chi connectivity index (χ2n) is 3.51. The van der Waals surface area contributed by atoms with Crippen LogP contribution in [0.4, 0.5) is 0 Å². The van der Waals surface area contributed by atoms with Crippen LogP contribution in [0.5, 0.6) is 0 Å². The Morgan fingerprint density at radius 2 is 1.50 bits per heavy atom. The van der Waals surface area contributed by atoms with Crippen LogP contribution in [0.25, 0.3) is 0 Å². The van der Waals surface area contributed by atoms with E-state index in [0.717, 1.165) is 0 Å². The predicted octanol–water partition coefficient (Wildman–Crippen LogP) is -1.49. The van der Waals surface area contributed by atoms with E-state index in [0.29, 0.717) is 19.4 Å². The van der Waals surface area contributed by atoms with Crippen molar-refractivity contribution in [3.63, 3.8) is 0 Å². The lowest BCUT2D eigenvalue weighted by atomic mass is 10.2. The van der Waals surface area contributed by atoms with Crippen LogP contribution < -0.4 is 0 Å². The summed E-state index contributed by atoms with van der Waals surface area (Å²) in [5, 5.41) is 35.3. The molecule has 6 nitrogen and oxygen atoms in total. The highest BCUT2D eigenvalue weighted by atomic mass is 16.5. The van der Waals surface area contributed by atoms with Gasteiger partial charge in [0.1, 0.15) is 6.10 Å². The summed E-state index contributed by atoms with van der Waals surface area (Å²) in [5.41, 5.74) is 0. The number of hydrogen-bond acceptors (Lipinski definition) is 6. The summed E-state index contributed by atoms with van der Waals surface area (Å²) < 4.78 is 10.0. The zero-order valence-electron chi connectivity index (χ0n) is 9.42. The van der Waals surface area contributed by atoms with Gasteiger partial charge in [-0.15, -0.1) is 0 Å². The van der Waals surface area contributed by atoms with E-state index in [9.17, 15) is 5.11 Å². The van der Waals surface area contributed by atoms with Crippen LogP contribution in [-0.2, 0) is 9.47 Å². The van der Waals surface area contributed by atoms with Crippen LogP contribution in [0.15, 0.2) is 0 Å². The number of ether oxygens (including phenoxy) is 2. The molecule has 0 radical (unpaired) electrons. The van der Waals surface area contributed by atoms with Gasteiger partial charge in [0.05, 0.1) is 39.1 Å². The molecule has 2 unspecified atom stereocenters. The molecule has 0 spiro atoms. The smallest absolute Gasteiger partial charge is 0.101 e. The van der Waals surface area contributed by atoms with E-state index in [2.05, 4.69) is 0 Å². The van der Waals surface area contributed by atoms with Gasteiger partial charge in [0, 0.05) is 6.61 Å².